The number of amides is 2. The third-order valence-corrected chi connectivity index (χ3v) is 3.20. The largest absolute Gasteiger partial charge is 0.506 e. The van der Waals surface area contributed by atoms with Gasteiger partial charge in [0.05, 0.1) is 18.8 Å². The number of aromatic amines is 1. The fourth-order valence-electron chi connectivity index (χ4n) is 2.11. The molecule has 0 saturated heterocycles. The van der Waals surface area contributed by atoms with Crippen molar-refractivity contribution in [2.45, 2.75) is 0 Å². The molecule has 0 aliphatic carbocycles. The second-order valence-corrected chi connectivity index (χ2v) is 4.67. The van der Waals surface area contributed by atoms with Gasteiger partial charge in [-0.15, -0.1) is 10.2 Å². The zero-order valence-electron chi connectivity index (χ0n) is 11.7. The Balaban J connectivity index is 1.86. The molecule has 0 unspecified atom stereocenters. The van der Waals surface area contributed by atoms with Crippen LogP contribution in [0.2, 0.25) is 0 Å². The number of β-amino-alcohol motifs (C(OH)–C–C–N with tert-alkyl or cyclic N) is 1. The van der Waals surface area contributed by atoms with Crippen LogP contribution in [-0.2, 0) is 9.59 Å². The molecule has 4 N–H and O–H groups in total. The van der Waals surface area contributed by atoms with Crippen LogP contribution in [-0.4, -0.2) is 60.7 Å². The second-order valence-electron chi connectivity index (χ2n) is 4.67. The Morgan fingerprint density at radius 1 is 1.30 bits per heavy atom. The average molecular weight is 316 g/mol. The Hall–Kier alpha value is -3.27. The number of rotatable bonds is 5. The molecular weight excluding hydrogens is 304 g/mol. The molecule has 1 aromatic heterocycles. The van der Waals surface area contributed by atoms with E-state index in [2.05, 4.69) is 25.9 Å². The summed E-state index contributed by atoms with van der Waals surface area (Å²) in [7, 11) is 0. The summed E-state index contributed by atoms with van der Waals surface area (Å²) in [6.45, 7) is -0.411. The van der Waals surface area contributed by atoms with E-state index in [0.717, 1.165) is 11.0 Å². The first-order chi connectivity index (χ1) is 11.1. The predicted octanol–water partition coefficient (Wildman–Crippen LogP) is -0.771. The van der Waals surface area contributed by atoms with Gasteiger partial charge >= 0.3 is 0 Å². The molecule has 10 heteroatoms. The van der Waals surface area contributed by atoms with Gasteiger partial charge in [-0.05, 0) is 23.4 Å². The van der Waals surface area contributed by atoms with Crippen LogP contribution in [0.4, 0.5) is 5.69 Å². The van der Waals surface area contributed by atoms with Gasteiger partial charge in [0.15, 0.2) is 0 Å². The van der Waals surface area contributed by atoms with Crippen LogP contribution >= 0.6 is 0 Å². The number of nitrogens with zero attached hydrogens (tertiary/aromatic N) is 4. The molecule has 0 radical (unpaired) electrons. The van der Waals surface area contributed by atoms with E-state index < -0.39 is 11.8 Å². The third kappa shape index (κ3) is 2.74. The maximum atomic E-state index is 12.1. The smallest absolute Gasteiger partial charge is 0.277 e. The van der Waals surface area contributed by atoms with Gasteiger partial charge in [-0.25, -0.2) is 0 Å². The van der Waals surface area contributed by atoms with Crippen LogP contribution in [0.25, 0.3) is 11.4 Å². The van der Waals surface area contributed by atoms with Crippen LogP contribution in [0.15, 0.2) is 30.0 Å². The van der Waals surface area contributed by atoms with Gasteiger partial charge in [-0.1, -0.05) is 0 Å². The van der Waals surface area contributed by atoms with Crippen molar-refractivity contribution in [3.8, 4) is 17.1 Å². The molecule has 1 aliphatic rings. The molecule has 0 bridgehead atoms. The molecule has 1 aliphatic heterocycles. The first-order valence-corrected chi connectivity index (χ1v) is 6.62. The Morgan fingerprint density at radius 2 is 2.13 bits per heavy atom. The average Bonchev–Trinajstić information content (AvgIpc) is 3.15. The first kappa shape index (κ1) is 14.7. The lowest BCUT2D eigenvalue weighted by Crippen LogP contribution is -2.34. The Kier molecular flexibility index (Phi) is 3.73. The number of aromatic hydroxyl groups is 1. The monoisotopic (exact) mass is 316 g/mol. The highest BCUT2D eigenvalue weighted by Crippen LogP contribution is 2.30. The van der Waals surface area contributed by atoms with Crippen LogP contribution in [0.3, 0.4) is 0 Å². The van der Waals surface area contributed by atoms with Crippen molar-refractivity contribution < 1.29 is 19.8 Å². The summed E-state index contributed by atoms with van der Waals surface area (Å²) in [5.74, 6) is -0.898. The number of aromatic nitrogens is 4. The second kappa shape index (κ2) is 5.85. The summed E-state index contributed by atoms with van der Waals surface area (Å²) < 4.78 is 0. The zero-order valence-corrected chi connectivity index (χ0v) is 11.7. The number of H-pyrrole nitrogens is 1. The van der Waals surface area contributed by atoms with E-state index in [1.54, 1.807) is 6.07 Å². The number of anilines is 1. The van der Waals surface area contributed by atoms with Crippen molar-refractivity contribution in [3.05, 3.63) is 30.0 Å². The number of carbonyl (C=O) groups is 2. The van der Waals surface area contributed by atoms with E-state index in [9.17, 15) is 14.7 Å². The number of aliphatic hydroxyl groups excluding tert-OH is 1. The van der Waals surface area contributed by atoms with E-state index >= 15 is 0 Å². The Bertz CT molecular complexity index is 786. The van der Waals surface area contributed by atoms with Crippen molar-refractivity contribution in [2.24, 2.45) is 0 Å². The van der Waals surface area contributed by atoms with E-state index in [0.29, 0.717) is 11.4 Å². The summed E-state index contributed by atoms with van der Waals surface area (Å²) >= 11 is 0. The number of hydrogen-bond donors (Lipinski definition) is 4. The lowest BCUT2D eigenvalue weighted by molar-refractivity contribution is -0.137. The SMILES string of the molecule is O=C1C=C(Nc2cc(-c3nn[nH]n3)ccc2O)C(=O)N1CCO. The molecule has 2 aromatic rings. The molecule has 2 amide bonds. The molecule has 2 heterocycles. The normalized spacial score (nSPS) is 14.3. The molecule has 10 nitrogen and oxygen atoms in total. The Morgan fingerprint density at radius 3 is 2.83 bits per heavy atom. The maximum Gasteiger partial charge on any atom is 0.277 e. The van der Waals surface area contributed by atoms with E-state index in [1.807, 2.05) is 0 Å². The Labute approximate surface area is 129 Å². The highest BCUT2D eigenvalue weighted by atomic mass is 16.3. The van der Waals surface area contributed by atoms with Crippen LogP contribution in [0, 0.1) is 0 Å². The van der Waals surface area contributed by atoms with Crippen LogP contribution < -0.4 is 5.32 Å². The molecule has 118 valence electrons. The van der Waals surface area contributed by atoms with Crippen molar-refractivity contribution in [3.63, 3.8) is 0 Å². The van der Waals surface area contributed by atoms with Crippen LogP contribution in [0.1, 0.15) is 0 Å². The highest BCUT2D eigenvalue weighted by molar-refractivity contribution is 6.17. The van der Waals surface area contributed by atoms with Crippen molar-refractivity contribution >= 4 is 17.5 Å². The third-order valence-electron chi connectivity index (χ3n) is 3.20. The number of carbonyl (C=O) groups excluding carboxylic acids is 2. The maximum absolute atomic E-state index is 12.1. The van der Waals surface area contributed by atoms with Gasteiger partial charge in [0.2, 0.25) is 5.82 Å². The predicted molar refractivity (Wildman–Crippen MR) is 76.8 cm³/mol. The number of hydrogen-bond acceptors (Lipinski definition) is 8. The van der Waals surface area contributed by atoms with Gasteiger partial charge in [0.25, 0.3) is 11.8 Å². The summed E-state index contributed by atoms with van der Waals surface area (Å²) in [6, 6.07) is 4.51. The summed E-state index contributed by atoms with van der Waals surface area (Å²) in [5, 5.41) is 34.9. The summed E-state index contributed by atoms with van der Waals surface area (Å²) in [6.07, 6.45) is 1.11. The molecule has 0 saturated carbocycles. The lowest BCUT2D eigenvalue weighted by Gasteiger charge is -2.14. The number of benzene rings is 1. The quantitative estimate of drug-likeness (QED) is 0.416. The molecule has 3 rings (SSSR count). The number of phenolic OH excluding ortho intramolecular Hbond substituents is 1. The van der Waals surface area contributed by atoms with Gasteiger partial charge in [0, 0.05) is 11.6 Å². The number of aliphatic hydroxyl groups is 1. The van der Waals surface area contributed by atoms with Crippen molar-refractivity contribution in [1.29, 1.82) is 0 Å². The highest BCUT2D eigenvalue weighted by Gasteiger charge is 2.31. The molecule has 23 heavy (non-hydrogen) atoms. The topological polar surface area (TPSA) is 144 Å². The zero-order chi connectivity index (χ0) is 16.4. The minimum atomic E-state index is -0.576. The number of nitrogens with one attached hydrogen (secondary N) is 2. The van der Waals surface area contributed by atoms with Crippen LogP contribution in [0.5, 0.6) is 5.75 Å². The standard InChI is InChI=1S/C13H12N6O4/c20-4-3-19-11(22)6-9(13(19)23)14-8-5-7(1-2-10(8)21)12-15-17-18-16-12/h1-2,5-6,14,20-21H,3-4H2,(H,15,16,17,18). The van der Waals surface area contributed by atoms with Gasteiger partial charge in [0.1, 0.15) is 11.4 Å². The summed E-state index contributed by atoms with van der Waals surface area (Å²) in [5.41, 5.74) is 0.776. The number of phenols is 1. The minimum absolute atomic E-state index is 0.00371. The van der Waals surface area contributed by atoms with Gasteiger partial charge in [-0.3, -0.25) is 14.5 Å². The molecule has 0 fully saturated rings. The molecule has 1 aromatic carbocycles. The number of imide groups is 1. The molecular formula is C13H12N6O4. The van der Waals surface area contributed by atoms with Crippen molar-refractivity contribution in [2.75, 3.05) is 18.5 Å². The van der Waals surface area contributed by atoms with E-state index in [4.69, 9.17) is 5.11 Å². The van der Waals surface area contributed by atoms with Gasteiger partial charge in [-0.2, -0.15) is 5.21 Å². The van der Waals surface area contributed by atoms with E-state index in [-0.39, 0.29) is 30.3 Å². The lowest BCUT2D eigenvalue weighted by atomic mass is 10.1. The fourth-order valence-corrected chi connectivity index (χ4v) is 2.11. The van der Waals surface area contributed by atoms with Crippen molar-refractivity contribution in [1.82, 2.24) is 25.5 Å². The molecule has 0 atom stereocenters. The number of tetrazole rings is 1. The molecule has 0 spiro atoms. The fraction of sp³-hybridized carbons (Fsp3) is 0.154. The van der Waals surface area contributed by atoms with E-state index in [1.165, 1.54) is 12.1 Å². The first-order valence-electron chi connectivity index (χ1n) is 6.62. The summed E-state index contributed by atoms with van der Waals surface area (Å²) in [4.78, 5) is 24.7. The van der Waals surface area contributed by atoms with Gasteiger partial charge < -0.3 is 15.5 Å². The minimum Gasteiger partial charge on any atom is -0.506 e.